The van der Waals surface area contributed by atoms with Gasteiger partial charge in [0.15, 0.2) is 0 Å². The zero-order chi connectivity index (χ0) is 12.1. The first kappa shape index (κ1) is 13.1. The van der Waals surface area contributed by atoms with Gasteiger partial charge in [0, 0.05) is 30.6 Å². The lowest BCUT2D eigenvalue weighted by Gasteiger charge is -2.17. The summed E-state index contributed by atoms with van der Waals surface area (Å²) in [5.41, 5.74) is 1.05. The van der Waals surface area contributed by atoms with Crippen molar-refractivity contribution >= 4 is 17.2 Å². The number of aryl methyl sites for hydroxylation is 1. The largest absolute Gasteiger partial charge is 0.359 e. The van der Waals surface area contributed by atoms with E-state index in [1.807, 2.05) is 19.2 Å². The van der Waals surface area contributed by atoms with E-state index in [9.17, 15) is 4.79 Å². The SMILES string of the molecule is CNC(=O)CC(C)NC(C)c1nc(C)cs1. The molecule has 1 aromatic heterocycles. The molecule has 0 fully saturated rings. The van der Waals surface area contributed by atoms with Crippen LogP contribution < -0.4 is 10.6 Å². The molecule has 4 nitrogen and oxygen atoms in total. The molecule has 1 heterocycles. The highest BCUT2D eigenvalue weighted by Gasteiger charge is 2.14. The number of hydrogen-bond acceptors (Lipinski definition) is 4. The van der Waals surface area contributed by atoms with Crippen molar-refractivity contribution in [2.75, 3.05) is 7.05 Å². The molecule has 2 unspecified atom stereocenters. The normalized spacial score (nSPS) is 14.5. The van der Waals surface area contributed by atoms with E-state index in [1.165, 1.54) is 0 Å². The molecular formula is C11H19N3OS. The third-order valence-corrected chi connectivity index (χ3v) is 3.46. The molecule has 0 spiro atoms. The summed E-state index contributed by atoms with van der Waals surface area (Å²) in [6.07, 6.45) is 0.491. The van der Waals surface area contributed by atoms with Gasteiger partial charge >= 0.3 is 0 Å². The van der Waals surface area contributed by atoms with E-state index in [0.717, 1.165) is 10.7 Å². The fourth-order valence-corrected chi connectivity index (χ4v) is 2.32. The maximum absolute atomic E-state index is 11.2. The minimum absolute atomic E-state index is 0.0579. The summed E-state index contributed by atoms with van der Waals surface area (Å²) >= 11 is 1.65. The van der Waals surface area contributed by atoms with Gasteiger partial charge in [0.2, 0.25) is 5.91 Å². The Bertz CT molecular complexity index is 351. The van der Waals surface area contributed by atoms with Crippen molar-refractivity contribution < 1.29 is 4.79 Å². The van der Waals surface area contributed by atoms with Crippen LogP contribution in [0.25, 0.3) is 0 Å². The average Bonchev–Trinajstić information content (AvgIpc) is 2.64. The number of thiazole rings is 1. The van der Waals surface area contributed by atoms with Crippen LogP contribution in [-0.2, 0) is 4.79 Å². The Morgan fingerprint density at radius 2 is 2.25 bits per heavy atom. The monoisotopic (exact) mass is 241 g/mol. The van der Waals surface area contributed by atoms with Crippen LogP contribution in [-0.4, -0.2) is 24.0 Å². The van der Waals surface area contributed by atoms with E-state index >= 15 is 0 Å². The van der Waals surface area contributed by atoms with Gasteiger partial charge in [-0.15, -0.1) is 11.3 Å². The van der Waals surface area contributed by atoms with Gasteiger partial charge in [-0.3, -0.25) is 4.79 Å². The maximum Gasteiger partial charge on any atom is 0.221 e. The predicted molar refractivity (Wildman–Crippen MR) is 66.5 cm³/mol. The van der Waals surface area contributed by atoms with Gasteiger partial charge in [0.1, 0.15) is 5.01 Å². The van der Waals surface area contributed by atoms with Gasteiger partial charge in [-0.1, -0.05) is 0 Å². The highest BCUT2D eigenvalue weighted by Crippen LogP contribution is 2.18. The van der Waals surface area contributed by atoms with Crippen molar-refractivity contribution in [1.29, 1.82) is 0 Å². The highest BCUT2D eigenvalue weighted by molar-refractivity contribution is 7.09. The third kappa shape index (κ3) is 3.90. The van der Waals surface area contributed by atoms with Crippen LogP contribution in [0.1, 0.15) is 37.0 Å². The lowest BCUT2D eigenvalue weighted by Crippen LogP contribution is -2.34. The quantitative estimate of drug-likeness (QED) is 0.824. The Balaban J connectivity index is 2.45. The van der Waals surface area contributed by atoms with E-state index in [2.05, 4.69) is 22.5 Å². The van der Waals surface area contributed by atoms with E-state index in [0.29, 0.717) is 6.42 Å². The third-order valence-electron chi connectivity index (χ3n) is 2.31. The number of amides is 1. The highest BCUT2D eigenvalue weighted by atomic mass is 32.1. The molecule has 1 amide bonds. The fourth-order valence-electron chi connectivity index (χ4n) is 1.51. The van der Waals surface area contributed by atoms with Gasteiger partial charge in [-0.05, 0) is 20.8 Å². The van der Waals surface area contributed by atoms with E-state index in [-0.39, 0.29) is 18.0 Å². The van der Waals surface area contributed by atoms with Gasteiger partial charge in [0.05, 0.1) is 6.04 Å². The Hall–Kier alpha value is -0.940. The molecule has 0 radical (unpaired) electrons. The van der Waals surface area contributed by atoms with Crippen LogP contribution >= 0.6 is 11.3 Å². The molecule has 0 saturated heterocycles. The fraction of sp³-hybridized carbons (Fsp3) is 0.636. The van der Waals surface area contributed by atoms with Gasteiger partial charge in [-0.25, -0.2) is 4.98 Å². The average molecular weight is 241 g/mol. The maximum atomic E-state index is 11.2. The number of carbonyl (C=O) groups is 1. The second-order valence-corrected chi connectivity index (χ2v) is 4.88. The minimum Gasteiger partial charge on any atom is -0.359 e. The number of hydrogen-bond donors (Lipinski definition) is 2. The molecule has 0 bridgehead atoms. The minimum atomic E-state index is 0.0579. The molecule has 16 heavy (non-hydrogen) atoms. The van der Waals surface area contributed by atoms with Crippen LogP contribution in [0.5, 0.6) is 0 Å². The Morgan fingerprint density at radius 1 is 1.56 bits per heavy atom. The molecule has 2 atom stereocenters. The molecule has 0 saturated carbocycles. The number of nitrogens with zero attached hydrogens (tertiary/aromatic N) is 1. The molecule has 0 aliphatic carbocycles. The first-order chi connectivity index (χ1) is 7.52. The van der Waals surface area contributed by atoms with Crippen molar-refractivity contribution in [2.24, 2.45) is 0 Å². The van der Waals surface area contributed by atoms with Gasteiger partial charge in [-0.2, -0.15) is 0 Å². The number of carbonyl (C=O) groups excluding carboxylic acids is 1. The lowest BCUT2D eigenvalue weighted by molar-refractivity contribution is -0.121. The van der Waals surface area contributed by atoms with Crippen molar-refractivity contribution in [3.8, 4) is 0 Å². The Labute approximate surface area is 100 Å². The summed E-state index contributed by atoms with van der Waals surface area (Å²) < 4.78 is 0. The van der Waals surface area contributed by atoms with Crippen molar-refractivity contribution in [3.05, 3.63) is 16.1 Å². The molecular weight excluding hydrogens is 222 g/mol. The van der Waals surface area contributed by atoms with Gasteiger partial charge in [0.25, 0.3) is 0 Å². The zero-order valence-electron chi connectivity index (χ0n) is 10.2. The Morgan fingerprint density at radius 3 is 2.75 bits per heavy atom. The zero-order valence-corrected chi connectivity index (χ0v) is 11.0. The van der Waals surface area contributed by atoms with E-state index in [1.54, 1.807) is 18.4 Å². The summed E-state index contributed by atoms with van der Waals surface area (Å²) in [5, 5.41) is 9.09. The van der Waals surface area contributed by atoms with Crippen LogP contribution in [0.4, 0.5) is 0 Å². The number of aromatic nitrogens is 1. The standard InChI is InChI=1S/C11H19N3OS/c1-7(5-10(15)12-4)13-9(3)11-14-8(2)6-16-11/h6-7,9,13H,5H2,1-4H3,(H,12,15). The number of nitrogens with one attached hydrogen (secondary N) is 2. The molecule has 90 valence electrons. The molecule has 0 aromatic carbocycles. The van der Waals surface area contributed by atoms with Crippen LogP contribution in [0.3, 0.4) is 0 Å². The molecule has 2 N–H and O–H groups in total. The van der Waals surface area contributed by atoms with E-state index in [4.69, 9.17) is 0 Å². The summed E-state index contributed by atoms with van der Waals surface area (Å²) in [6.45, 7) is 6.06. The second kappa shape index (κ2) is 5.96. The molecule has 1 aromatic rings. The summed E-state index contributed by atoms with van der Waals surface area (Å²) in [6, 6.07) is 0.345. The van der Waals surface area contributed by atoms with Crippen molar-refractivity contribution in [2.45, 2.75) is 39.3 Å². The van der Waals surface area contributed by atoms with Crippen LogP contribution in [0.15, 0.2) is 5.38 Å². The smallest absolute Gasteiger partial charge is 0.221 e. The molecule has 0 aliphatic rings. The van der Waals surface area contributed by atoms with Crippen molar-refractivity contribution in [3.63, 3.8) is 0 Å². The van der Waals surface area contributed by atoms with Crippen molar-refractivity contribution in [1.82, 2.24) is 15.6 Å². The van der Waals surface area contributed by atoms with Crippen LogP contribution in [0, 0.1) is 6.92 Å². The summed E-state index contributed by atoms with van der Waals surface area (Å²) in [7, 11) is 1.66. The topological polar surface area (TPSA) is 54.0 Å². The first-order valence-corrected chi connectivity index (χ1v) is 6.29. The molecule has 0 aliphatic heterocycles. The summed E-state index contributed by atoms with van der Waals surface area (Å²) in [4.78, 5) is 15.6. The lowest BCUT2D eigenvalue weighted by atomic mass is 10.2. The molecule has 5 heteroatoms. The molecule has 1 rings (SSSR count). The number of rotatable bonds is 5. The van der Waals surface area contributed by atoms with Gasteiger partial charge < -0.3 is 10.6 Å². The first-order valence-electron chi connectivity index (χ1n) is 5.41. The Kier molecular flexibility index (Phi) is 4.89. The van der Waals surface area contributed by atoms with E-state index < -0.39 is 0 Å². The van der Waals surface area contributed by atoms with Crippen LogP contribution in [0.2, 0.25) is 0 Å². The summed E-state index contributed by atoms with van der Waals surface area (Å²) in [5.74, 6) is 0.0579. The second-order valence-electron chi connectivity index (χ2n) is 3.99. The predicted octanol–water partition coefficient (Wildman–Crippen LogP) is 1.63.